The van der Waals surface area contributed by atoms with E-state index in [9.17, 15) is 5.11 Å². The summed E-state index contributed by atoms with van der Waals surface area (Å²) < 4.78 is 7.35. The topological polar surface area (TPSA) is 59.3 Å². The van der Waals surface area contributed by atoms with Gasteiger partial charge in [0.25, 0.3) is 0 Å². The third kappa shape index (κ3) is 4.82. The van der Waals surface area contributed by atoms with Gasteiger partial charge in [0.15, 0.2) is 0 Å². The Morgan fingerprint density at radius 2 is 2.08 bits per heavy atom. The van der Waals surface area contributed by atoms with E-state index in [4.69, 9.17) is 4.74 Å². The molecule has 0 radical (unpaired) electrons. The molecule has 1 heterocycles. The minimum atomic E-state index is -0.387. The minimum Gasteiger partial charge on any atom is -0.496 e. The van der Waals surface area contributed by atoms with E-state index in [2.05, 4.69) is 29.5 Å². The fraction of sp³-hybridized carbons (Fsp3) is 0.526. The van der Waals surface area contributed by atoms with Crippen LogP contribution in [0, 0.1) is 5.41 Å². The molecule has 132 valence electrons. The molecule has 0 aliphatic heterocycles. The second-order valence-corrected chi connectivity index (χ2v) is 7.29. The van der Waals surface area contributed by atoms with Gasteiger partial charge in [0.05, 0.1) is 19.8 Å². The number of nitrogens with zero attached hydrogens (tertiary/aromatic N) is 2. The lowest BCUT2D eigenvalue weighted by atomic mass is 9.89. The number of benzene rings is 1. The molecule has 0 aliphatic rings. The molecule has 2 N–H and O–H groups in total. The van der Waals surface area contributed by atoms with E-state index in [-0.39, 0.29) is 17.6 Å². The van der Waals surface area contributed by atoms with Gasteiger partial charge in [-0.3, -0.25) is 4.68 Å². The van der Waals surface area contributed by atoms with Crippen LogP contribution in [0.25, 0.3) is 0 Å². The summed E-state index contributed by atoms with van der Waals surface area (Å²) in [5.74, 6) is 0.858. The van der Waals surface area contributed by atoms with Crippen molar-refractivity contribution in [3.05, 3.63) is 47.8 Å². The number of aliphatic hydroxyl groups is 1. The van der Waals surface area contributed by atoms with Gasteiger partial charge in [0, 0.05) is 30.5 Å². The van der Waals surface area contributed by atoms with Crippen LogP contribution in [0.3, 0.4) is 0 Å². The van der Waals surface area contributed by atoms with Gasteiger partial charge in [-0.05, 0) is 36.1 Å². The molecule has 0 fully saturated rings. The van der Waals surface area contributed by atoms with Gasteiger partial charge in [0.1, 0.15) is 5.75 Å². The average Bonchev–Trinajstić information content (AvgIpc) is 3.04. The minimum absolute atomic E-state index is 0.127. The maximum Gasteiger partial charge on any atom is 0.123 e. The van der Waals surface area contributed by atoms with Crippen molar-refractivity contribution in [3.63, 3.8) is 0 Å². The van der Waals surface area contributed by atoms with Crippen molar-refractivity contribution < 1.29 is 9.84 Å². The van der Waals surface area contributed by atoms with Gasteiger partial charge in [-0.15, -0.1) is 0 Å². The van der Waals surface area contributed by atoms with E-state index in [1.807, 2.05) is 43.8 Å². The summed E-state index contributed by atoms with van der Waals surface area (Å²) in [6.45, 7) is 9.46. The van der Waals surface area contributed by atoms with Crippen LogP contribution in [0.15, 0.2) is 36.7 Å². The summed E-state index contributed by atoms with van der Waals surface area (Å²) in [6, 6.07) is 8.25. The Kier molecular flexibility index (Phi) is 6.02. The second kappa shape index (κ2) is 7.81. The molecule has 2 unspecified atom stereocenters. The van der Waals surface area contributed by atoms with E-state index in [0.717, 1.165) is 11.3 Å². The number of ether oxygens (including phenoxy) is 1. The van der Waals surface area contributed by atoms with Crippen LogP contribution in [0.4, 0.5) is 0 Å². The Bertz CT molecular complexity index is 633. The van der Waals surface area contributed by atoms with E-state index in [1.54, 1.807) is 13.3 Å². The first-order valence-corrected chi connectivity index (χ1v) is 8.37. The SMILES string of the molecule is COc1ccc(C(C)NCC(O)C(C)(C)C)cc1Cn1cccn1. The van der Waals surface area contributed by atoms with Gasteiger partial charge in [0.2, 0.25) is 0 Å². The van der Waals surface area contributed by atoms with Crippen molar-refractivity contribution in [3.8, 4) is 5.75 Å². The van der Waals surface area contributed by atoms with Crippen LogP contribution in [0.1, 0.15) is 44.9 Å². The van der Waals surface area contributed by atoms with Crippen LogP contribution in [0.5, 0.6) is 5.75 Å². The van der Waals surface area contributed by atoms with Crippen LogP contribution in [-0.2, 0) is 6.54 Å². The van der Waals surface area contributed by atoms with Crippen LogP contribution in [0.2, 0.25) is 0 Å². The largest absolute Gasteiger partial charge is 0.496 e. The first-order valence-electron chi connectivity index (χ1n) is 8.37. The van der Waals surface area contributed by atoms with E-state index >= 15 is 0 Å². The molecule has 2 aromatic rings. The van der Waals surface area contributed by atoms with Crippen molar-refractivity contribution in [1.29, 1.82) is 0 Å². The molecular weight excluding hydrogens is 302 g/mol. The number of aliphatic hydroxyl groups excluding tert-OH is 1. The number of hydrogen-bond acceptors (Lipinski definition) is 4. The zero-order valence-corrected chi connectivity index (χ0v) is 15.3. The summed E-state index contributed by atoms with van der Waals surface area (Å²) in [5, 5.41) is 17.9. The van der Waals surface area contributed by atoms with Crippen molar-refractivity contribution >= 4 is 0 Å². The number of rotatable bonds is 7. The van der Waals surface area contributed by atoms with Crippen LogP contribution in [-0.4, -0.2) is 34.6 Å². The fourth-order valence-corrected chi connectivity index (χ4v) is 2.47. The molecule has 2 rings (SSSR count). The number of hydrogen-bond donors (Lipinski definition) is 2. The molecule has 0 amide bonds. The molecule has 0 saturated carbocycles. The molecule has 24 heavy (non-hydrogen) atoms. The van der Waals surface area contributed by atoms with E-state index < -0.39 is 0 Å². The highest BCUT2D eigenvalue weighted by Gasteiger charge is 2.22. The molecule has 1 aromatic carbocycles. The van der Waals surface area contributed by atoms with Gasteiger partial charge in [-0.1, -0.05) is 26.8 Å². The third-order valence-electron chi connectivity index (χ3n) is 4.31. The Balaban J connectivity index is 2.09. The third-order valence-corrected chi connectivity index (χ3v) is 4.31. The Labute approximate surface area is 144 Å². The molecule has 5 heteroatoms. The standard InChI is InChI=1S/C19H29N3O2/c1-14(20-12-18(23)19(2,3)4)15-7-8-17(24-5)16(11-15)13-22-10-6-9-21-22/h6-11,14,18,20,23H,12-13H2,1-5H3. The summed E-state index contributed by atoms with van der Waals surface area (Å²) in [7, 11) is 1.68. The Morgan fingerprint density at radius 3 is 2.67 bits per heavy atom. The second-order valence-electron chi connectivity index (χ2n) is 7.29. The fourth-order valence-electron chi connectivity index (χ4n) is 2.47. The predicted molar refractivity (Wildman–Crippen MR) is 96.2 cm³/mol. The summed E-state index contributed by atoms with van der Waals surface area (Å²) in [6.07, 6.45) is 3.32. The highest BCUT2D eigenvalue weighted by molar-refractivity contribution is 5.38. The Hall–Kier alpha value is -1.85. The lowest BCUT2D eigenvalue weighted by Crippen LogP contribution is -2.37. The molecule has 0 spiro atoms. The summed E-state index contributed by atoms with van der Waals surface area (Å²) >= 11 is 0. The Morgan fingerprint density at radius 1 is 1.33 bits per heavy atom. The smallest absolute Gasteiger partial charge is 0.123 e. The molecule has 0 saturated heterocycles. The van der Waals surface area contributed by atoms with Gasteiger partial charge in [-0.25, -0.2) is 0 Å². The first kappa shape index (κ1) is 18.5. The monoisotopic (exact) mass is 331 g/mol. The van der Waals surface area contributed by atoms with Crippen LogP contribution >= 0.6 is 0 Å². The normalized spacial score (nSPS) is 14.4. The zero-order chi connectivity index (χ0) is 17.7. The van der Waals surface area contributed by atoms with E-state index in [0.29, 0.717) is 13.1 Å². The molecule has 0 bridgehead atoms. The molecule has 5 nitrogen and oxygen atoms in total. The van der Waals surface area contributed by atoms with Crippen LogP contribution < -0.4 is 10.1 Å². The molecule has 0 aliphatic carbocycles. The summed E-state index contributed by atoms with van der Waals surface area (Å²) in [5.41, 5.74) is 2.13. The van der Waals surface area contributed by atoms with Crippen molar-refractivity contribution in [2.75, 3.05) is 13.7 Å². The zero-order valence-electron chi connectivity index (χ0n) is 15.3. The lowest BCUT2D eigenvalue weighted by molar-refractivity contribution is 0.0609. The van der Waals surface area contributed by atoms with Gasteiger partial charge in [-0.2, -0.15) is 5.10 Å². The number of aromatic nitrogens is 2. The molecule has 2 atom stereocenters. The van der Waals surface area contributed by atoms with E-state index in [1.165, 1.54) is 5.56 Å². The maximum absolute atomic E-state index is 10.2. The lowest BCUT2D eigenvalue weighted by Gasteiger charge is -2.27. The average molecular weight is 331 g/mol. The van der Waals surface area contributed by atoms with Gasteiger partial charge >= 0.3 is 0 Å². The molecular formula is C19H29N3O2. The predicted octanol–water partition coefficient (Wildman–Crippen LogP) is 3.00. The number of nitrogens with one attached hydrogen (secondary N) is 1. The van der Waals surface area contributed by atoms with Crippen molar-refractivity contribution in [1.82, 2.24) is 15.1 Å². The summed E-state index contributed by atoms with van der Waals surface area (Å²) in [4.78, 5) is 0. The first-order chi connectivity index (χ1) is 11.3. The molecule has 1 aromatic heterocycles. The van der Waals surface area contributed by atoms with Crippen molar-refractivity contribution in [2.45, 2.75) is 46.4 Å². The highest BCUT2D eigenvalue weighted by atomic mass is 16.5. The quantitative estimate of drug-likeness (QED) is 0.819. The van der Waals surface area contributed by atoms with Crippen molar-refractivity contribution in [2.24, 2.45) is 5.41 Å². The number of methoxy groups -OCH3 is 1. The highest BCUT2D eigenvalue weighted by Crippen LogP contribution is 2.25. The van der Waals surface area contributed by atoms with Gasteiger partial charge < -0.3 is 15.2 Å². The maximum atomic E-state index is 10.2.